The van der Waals surface area contributed by atoms with Crippen molar-refractivity contribution in [1.82, 2.24) is 9.80 Å². The molecule has 1 amide bonds. The van der Waals surface area contributed by atoms with Crippen molar-refractivity contribution in [1.29, 1.82) is 0 Å². The monoisotopic (exact) mass is 402 g/mol. The summed E-state index contributed by atoms with van der Waals surface area (Å²) in [5.41, 5.74) is 2.14. The van der Waals surface area contributed by atoms with Crippen LogP contribution in [0.4, 0.5) is 11.4 Å². The normalized spacial score (nSPS) is 22.4. The molecule has 0 aliphatic carbocycles. The number of nitrogens with one attached hydrogen (secondary N) is 1. The van der Waals surface area contributed by atoms with Crippen LogP contribution >= 0.6 is 0 Å². The zero-order chi connectivity index (χ0) is 20.6. The van der Waals surface area contributed by atoms with Crippen LogP contribution in [0.5, 0.6) is 0 Å². The Kier molecular flexibility index (Phi) is 8.33. The molecule has 6 nitrogen and oxygen atoms in total. The molecule has 2 aliphatic heterocycles. The number of piperidine rings is 1. The molecule has 2 aliphatic rings. The molecule has 2 unspecified atom stereocenters. The molecule has 29 heavy (non-hydrogen) atoms. The van der Waals surface area contributed by atoms with Crippen molar-refractivity contribution in [3.05, 3.63) is 24.3 Å². The van der Waals surface area contributed by atoms with E-state index in [1.165, 1.54) is 24.9 Å². The maximum atomic E-state index is 12.8. The number of carbonyl (C=O) groups is 1. The first kappa shape index (κ1) is 22.1. The van der Waals surface area contributed by atoms with E-state index in [0.717, 1.165) is 58.2 Å². The van der Waals surface area contributed by atoms with Gasteiger partial charge in [0.25, 0.3) is 0 Å². The molecule has 1 aromatic carbocycles. The summed E-state index contributed by atoms with van der Waals surface area (Å²) in [7, 11) is 0. The van der Waals surface area contributed by atoms with Gasteiger partial charge in [-0.1, -0.05) is 0 Å². The van der Waals surface area contributed by atoms with E-state index in [2.05, 4.69) is 39.1 Å². The molecule has 1 aromatic rings. The van der Waals surface area contributed by atoms with E-state index >= 15 is 0 Å². The molecule has 6 heteroatoms. The zero-order valence-electron chi connectivity index (χ0n) is 18.4. The second-order valence-corrected chi connectivity index (χ2v) is 8.34. The van der Waals surface area contributed by atoms with Crippen LogP contribution < -0.4 is 10.2 Å². The van der Waals surface area contributed by atoms with Gasteiger partial charge in [-0.15, -0.1) is 0 Å². The van der Waals surface area contributed by atoms with Gasteiger partial charge < -0.3 is 15.0 Å². The summed E-state index contributed by atoms with van der Waals surface area (Å²) in [4.78, 5) is 20.0. The second-order valence-electron chi connectivity index (χ2n) is 8.34. The van der Waals surface area contributed by atoms with Crippen molar-refractivity contribution in [3.63, 3.8) is 0 Å². The lowest BCUT2D eigenvalue weighted by Crippen LogP contribution is -2.57. The summed E-state index contributed by atoms with van der Waals surface area (Å²) >= 11 is 0. The summed E-state index contributed by atoms with van der Waals surface area (Å²) in [6.07, 6.45) is 3.88. The van der Waals surface area contributed by atoms with Crippen molar-refractivity contribution < 1.29 is 9.53 Å². The van der Waals surface area contributed by atoms with Crippen LogP contribution in [0.1, 0.15) is 40.0 Å². The smallest absolute Gasteiger partial charge is 0.241 e. The summed E-state index contributed by atoms with van der Waals surface area (Å²) in [5.74, 6) is 0.0747. The third-order valence-corrected chi connectivity index (χ3v) is 6.31. The number of hydrogen-bond acceptors (Lipinski definition) is 5. The maximum Gasteiger partial charge on any atom is 0.241 e. The molecule has 0 spiro atoms. The van der Waals surface area contributed by atoms with Crippen LogP contribution in [0.25, 0.3) is 0 Å². The van der Waals surface area contributed by atoms with Crippen LogP contribution in [0, 0.1) is 0 Å². The highest BCUT2D eigenvalue weighted by molar-refractivity contribution is 5.94. The Morgan fingerprint density at radius 3 is 2.52 bits per heavy atom. The van der Waals surface area contributed by atoms with Crippen molar-refractivity contribution >= 4 is 17.3 Å². The van der Waals surface area contributed by atoms with Crippen LogP contribution in [-0.4, -0.2) is 80.3 Å². The Morgan fingerprint density at radius 2 is 1.86 bits per heavy atom. The number of anilines is 2. The lowest BCUT2D eigenvalue weighted by atomic mass is 10.1. The molecular weight excluding hydrogens is 364 g/mol. The topological polar surface area (TPSA) is 48.1 Å². The minimum Gasteiger partial charge on any atom is -0.380 e. The Morgan fingerprint density at radius 1 is 1.14 bits per heavy atom. The quantitative estimate of drug-likeness (QED) is 0.678. The summed E-state index contributed by atoms with van der Waals surface area (Å²) in [6.45, 7) is 13.9. The van der Waals surface area contributed by atoms with E-state index in [-0.39, 0.29) is 11.9 Å². The molecule has 1 N–H and O–H groups in total. The van der Waals surface area contributed by atoms with Gasteiger partial charge in [0.15, 0.2) is 0 Å². The van der Waals surface area contributed by atoms with E-state index in [0.29, 0.717) is 6.04 Å². The average molecular weight is 403 g/mol. The van der Waals surface area contributed by atoms with Crippen molar-refractivity contribution in [2.45, 2.75) is 52.1 Å². The Labute approximate surface area is 176 Å². The minimum atomic E-state index is -0.131. The zero-order valence-corrected chi connectivity index (χ0v) is 18.4. The highest BCUT2D eigenvalue weighted by Crippen LogP contribution is 2.22. The van der Waals surface area contributed by atoms with Gasteiger partial charge in [-0.2, -0.15) is 0 Å². The molecule has 3 rings (SSSR count). The molecular formula is C23H38N4O2. The molecule has 0 aromatic heterocycles. The Bertz CT molecular complexity index is 630. The number of rotatable bonds is 8. The summed E-state index contributed by atoms with van der Waals surface area (Å²) in [6, 6.07) is 8.62. The van der Waals surface area contributed by atoms with Crippen LogP contribution in [0.3, 0.4) is 0 Å². The number of hydrogen-bond donors (Lipinski definition) is 1. The number of amides is 1. The van der Waals surface area contributed by atoms with Gasteiger partial charge in [0.2, 0.25) is 5.91 Å². The standard InChI is InChI=1S/C23H38N4O2/c1-4-29-17-16-25-14-15-27(18-19(25)2)20(3)23(28)24-21-8-10-22(11-9-21)26-12-6-5-7-13-26/h8-11,19-20H,4-7,12-18H2,1-3H3,(H,24,28). The minimum absolute atomic E-state index is 0.0747. The van der Waals surface area contributed by atoms with Crippen LogP contribution in [-0.2, 0) is 9.53 Å². The SMILES string of the molecule is CCOCCN1CCN(C(C)C(=O)Nc2ccc(N3CCCCC3)cc2)CC1C. The van der Waals surface area contributed by atoms with E-state index in [1.54, 1.807) is 0 Å². The van der Waals surface area contributed by atoms with Gasteiger partial charge in [0, 0.05) is 63.3 Å². The van der Waals surface area contributed by atoms with Gasteiger partial charge in [-0.3, -0.25) is 14.6 Å². The predicted molar refractivity (Wildman–Crippen MR) is 120 cm³/mol. The number of ether oxygens (including phenoxy) is 1. The first-order valence-corrected chi connectivity index (χ1v) is 11.3. The fraction of sp³-hybridized carbons (Fsp3) is 0.696. The molecule has 2 atom stereocenters. The van der Waals surface area contributed by atoms with Gasteiger partial charge in [0.05, 0.1) is 12.6 Å². The van der Waals surface area contributed by atoms with Crippen molar-refractivity contribution in [2.75, 3.05) is 62.7 Å². The fourth-order valence-corrected chi connectivity index (χ4v) is 4.35. The Hall–Kier alpha value is -1.63. The molecule has 0 saturated carbocycles. The predicted octanol–water partition coefficient (Wildman–Crippen LogP) is 3.05. The Balaban J connectivity index is 1.47. The lowest BCUT2D eigenvalue weighted by molar-refractivity contribution is -0.121. The summed E-state index contributed by atoms with van der Waals surface area (Å²) in [5, 5.41) is 3.10. The van der Waals surface area contributed by atoms with Crippen LogP contribution in [0.15, 0.2) is 24.3 Å². The van der Waals surface area contributed by atoms with E-state index in [1.807, 2.05) is 26.0 Å². The molecule has 0 bridgehead atoms. The van der Waals surface area contributed by atoms with Crippen LogP contribution in [0.2, 0.25) is 0 Å². The fourth-order valence-electron chi connectivity index (χ4n) is 4.35. The van der Waals surface area contributed by atoms with E-state index in [4.69, 9.17) is 4.74 Å². The van der Waals surface area contributed by atoms with E-state index in [9.17, 15) is 4.79 Å². The summed E-state index contributed by atoms with van der Waals surface area (Å²) < 4.78 is 5.49. The maximum absolute atomic E-state index is 12.8. The average Bonchev–Trinajstić information content (AvgIpc) is 2.75. The lowest BCUT2D eigenvalue weighted by Gasteiger charge is -2.41. The highest BCUT2D eigenvalue weighted by Gasteiger charge is 2.29. The van der Waals surface area contributed by atoms with Crippen molar-refractivity contribution in [2.24, 2.45) is 0 Å². The first-order valence-electron chi connectivity index (χ1n) is 11.3. The number of carbonyl (C=O) groups excluding carboxylic acids is 1. The number of nitrogens with zero attached hydrogens (tertiary/aromatic N) is 3. The second kappa shape index (κ2) is 11.0. The molecule has 0 radical (unpaired) electrons. The third-order valence-electron chi connectivity index (χ3n) is 6.31. The highest BCUT2D eigenvalue weighted by atomic mass is 16.5. The van der Waals surface area contributed by atoms with Gasteiger partial charge in [-0.05, 0) is 64.3 Å². The molecule has 2 saturated heterocycles. The van der Waals surface area contributed by atoms with Crippen molar-refractivity contribution in [3.8, 4) is 0 Å². The third kappa shape index (κ3) is 6.17. The van der Waals surface area contributed by atoms with Gasteiger partial charge in [0.1, 0.15) is 0 Å². The van der Waals surface area contributed by atoms with E-state index < -0.39 is 0 Å². The number of benzene rings is 1. The first-order chi connectivity index (χ1) is 14.1. The number of piperazine rings is 1. The largest absolute Gasteiger partial charge is 0.380 e. The molecule has 2 heterocycles. The van der Waals surface area contributed by atoms with Gasteiger partial charge >= 0.3 is 0 Å². The molecule has 2 fully saturated rings. The molecule has 162 valence electrons. The van der Waals surface area contributed by atoms with Gasteiger partial charge in [-0.25, -0.2) is 0 Å².